The molecule has 0 spiro atoms. The van der Waals surface area contributed by atoms with Crippen molar-refractivity contribution in [1.29, 1.82) is 0 Å². The Morgan fingerprint density at radius 3 is 2.36 bits per heavy atom. The number of benzene rings is 1. The Hall–Kier alpha value is -1.29. The van der Waals surface area contributed by atoms with Crippen LogP contribution in [0.3, 0.4) is 0 Å². The molecule has 186 valence electrons. The van der Waals surface area contributed by atoms with Gasteiger partial charge in [0.15, 0.2) is 20.2 Å². The number of carbonyl (C=O) groups is 1. The summed E-state index contributed by atoms with van der Waals surface area (Å²) in [6, 6.07) is 8.80. The fraction of sp³-hybridized carbons (Fsp3) is 0.720. The van der Waals surface area contributed by atoms with Crippen LogP contribution >= 0.6 is 0 Å². The van der Waals surface area contributed by atoms with E-state index in [0.717, 1.165) is 0 Å². The van der Waals surface area contributed by atoms with Crippen molar-refractivity contribution >= 4 is 14.3 Å². The molecule has 0 saturated carbocycles. The van der Waals surface area contributed by atoms with Crippen LogP contribution in [0.1, 0.15) is 64.7 Å². The summed E-state index contributed by atoms with van der Waals surface area (Å²) in [6.07, 6.45) is -2.03. The average molecular weight is 481 g/mol. The Labute approximate surface area is 198 Å². The molecule has 7 nitrogen and oxygen atoms in total. The molecule has 2 fully saturated rings. The van der Waals surface area contributed by atoms with Gasteiger partial charge in [-0.2, -0.15) is 0 Å². The number of hydrogen-bond acceptors (Lipinski definition) is 7. The van der Waals surface area contributed by atoms with E-state index in [9.17, 15) is 9.90 Å². The summed E-state index contributed by atoms with van der Waals surface area (Å²) in [6.45, 7) is 16.5. The SMILES string of the molecule is C[C@H](O[Si](C)(C)C(C)(C)C)[C@H](O)CC[C@H]1O[C@H](OC(=O)c2ccccc2)[C@H]2OC(C)(C)O[C@H]21. The maximum atomic E-state index is 12.6. The number of rotatable bonds is 8. The van der Waals surface area contributed by atoms with Crippen LogP contribution in [0.2, 0.25) is 18.1 Å². The van der Waals surface area contributed by atoms with Crippen molar-refractivity contribution in [2.75, 3.05) is 0 Å². The molecular formula is C25H40O7Si. The highest BCUT2D eigenvalue weighted by Crippen LogP contribution is 2.41. The second kappa shape index (κ2) is 9.75. The zero-order chi connectivity index (χ0) is 24.6. The molecular weight excluding hydrogens is 440 g/mol. The van der Waals surface area contributed by atoms with Gasteiger partial charge in [0.2, 0.25) is 6.29 Å². The molecule has 1 aromatic rings. The van der Waals surface area contributed by atoms with Crippen LogP contribution < -0.4 is 0 Å². The maximum Gasteiger partial charge on any atom is 0.340 e. The quantitative estimate of drug-likeness (QED) is 0.429. The minimum absolute atomic E-state index is 0.0687. The van der Waals surface area contributed by atoms with Gasteiger partial charge in [0.25, 0.3) is 0 Å². The Morgan fingerprint density at radius 1 is 1.15 bits per heavy atom. The van der Waals surface area contributed by atoms with Crippen LogP contribution in [0, 0.1) is 0 Å². The van der Waals surface area contributed by atoms with E-state index in [1.165, 1.54) is 0 Å². The Balaban J connectivity index is 1.61. The van der Waals surface area contributed by atoms with Gasteiger partial charge in [-0.3, -0.25) is 0 Å². The van der Waals surface area contributed by atoms with Gasteiger partial charge in [-0.1, -0.05) is 39.0 Å². The molecule has 1 aromatic carbocycles. The van der Waals surface area contributed by atoms with Gasteiger partial charge in [0, 0.05) is 0 Å². The van der Waals surface area contributed by atoms with Crippen LogP contribution in [0.15, 0.2) is 30.3 Å². The molecule has 0 amide bonds. The molecule has 2 heterocycles. The fourth-order valence-electron chi connectivity index (χ4n) is 4.01. The molecule has 0 radical (unpaired) electrons. The predicted octanol–water partition coefficient (Wildman–Crippen LogP) is 4.64. The Kier molecular flexibility index (Phi) is 7.78. The molecule has 2 saturated heterocycles. The highest BCUT2D eigenvalue weighted by Gasteiger charge is 2.56. The van der Waals surface area contributed by atoms with Gasteiger partial charge in [0.05, 0.1) is 23.9 Å². The number of aliphatic hydroxyl groups excluding tert-OH is 1. The largest absolute Gasteiger partial charge is 0.429 e. The first-order valence-electron chi connectivity index (χ1n) is 11.8. The third-order valence-electron chi connectivity index (χ3n) is 6.92. The van der Waals surface area contributed by atoms with Crippen molar-refractivity contribution in [3.63, 3.8) is 0 Å². The third kappa shape index (κ3) is 6.23. The summed E-state index contributed by atoms with van der Waals surface area (Å²) in [5, 5.41) is 10.9. The van der Waals surface area contributed by atoms with Crippen molar-refractivity contribution in [2.45, 2.75) is 115 Å². The van der Waals surface area contributed by atoms with Crippen LogP contribution in [-0.4, -0.2) is 62.0 Å². The van der Waals surface area contributed by atoms with Gasteiger partial charge >= 0.3 is 5.97 Å². The molecule has 2 aliphatic rings. The minimum Gasteiger partial charge on any atom is -0.429 e. The Bertz CT molecular complexity index is 805. The molecule has 8 heteroatoms. The van der Waals surface area contributed by atoms with Gasteiger partial charge in [0.1, 0.15) is 6.10 Å². The predicted molar refractivity (Wildman–Crippen MR) is 127 cm³/mol. The van der Waals surface area contributed by atoms with E-state index in [0.29, 0.717) is 18.4 Å². The molecule has 0 aromatic heterocycles. The first-order valence-corrected chi connectivity index (χ1v) is 14.7. The normalized spacial score (nSPS) is 28.9. The minimum atomic E-state index is -1.99. The maximum absolute atomic E-state index is 12.6. The fourth-order valence-corrected chi connectivity index (χ4v) is 5.45. The number of hydrogen-bond donors (Lipinski definition) is 1. The third-order valence-corrected chi connectivity index (χ3v) is 11.5. The smallest absolute Gasteiger partial charge is 0.340 e. The van der Waals surface area contributed by atoms with Gasteiger partial charge in [-0.15, -0.1) is 0 Å². The first kappa shape index (κ1) is 26.3. The zero-order valence-electron chi connectivity index (χ0n) is 21.2. The van der Waals surface area contributed by atoms with Crippen molar-refractivity contribution in [3.8, 4) is 0 Å². The van der Waals surface area contributed by atoms with E-state index in [-0.39, 0.29) is 23.4 Å². The van der Waals surface area contributed by atoms with E-state index in [1.54, 1.807) is 24.3 Å². The number of aliphatic hydroxyl groups is 1. The summed E-state index contributed by atoms with van der Waals surface area (Å²) in [5.74, 6) is -1.27. The number of ether oxygens (including phenoxy) is 4. The summed E-state index contributed by atoms with van der Waals surface area (Å²) < 4.78 is 30.1. The molecule has 1 N–H and O–H groups in total. The molecule has 0 aliphatic carbocycles. The van der Waals surface area contributed by atoms with Crippen LogP contribution in [-0.2, 0) is 23.4 Å². The van der Waals surface area contributed by atoms with Crippen molar-refractivity contribution in [3.05, 3.63) is 35.9 Å². The van der Waals surface area contributed by atoms with Gasteiger partial charge < -0.3 is 28.5 Å². The zero-order valence-corrected chi connectivity index (χ0v) is 22.2. The molecule has 2 aliphatic heterocycles. The Morgan fingerprint density at radius 2 is 1.76 bits per heavy atom. The lowest BCUT2D eigenvalue weighted by Gasteiger charge is -2.39. The van der Waals surface area contributed by atoms with Crippen molar-refractivity contribution in [2.24, 2.45) is 0 Å². The summed E-state index contributed by atoms with van der Waals surface area (Å²) in [5.41, 5.74) is 0.450. The summed E-state index contributed by atoms with van der Waals surface area (Å²) in [7, 11) is -1.99. The van der Waals surface area contributed by atoms with Gasteiger partial charge in [-0.05, 0) is 63.9 Å². The van der Waals surface area contributed by atoms with Crippen LogP contribution in [0.5, 0.6) is 0 Å². The molecule has 0 bridgehead atoms. The molecule has 6 atom stereocenters. The lowest BCUT2D eigenvalue weighted by Crippen LogP contribution is -2.46. The highest BCUT2D eigenvalue weighted by molar-refractivity contribution is 6.74. The number of carbonyl (C=O) groups excluding carboxylic acids is 1. The monoisotopic (exact) mass is 480 g/mol. The van der Waals surface area contributed by atoms with Gasteiger partial charge in [-0.25, -0.2) is 4.79 Å². The number of esters is 1. The average Bonchev–Trinajstić information content (AvgIpc) is 3.19. The molecule has 33 heavy (non-hydrogen) atoms. The standard InChI is InChI=1S/C25H40O7Si/c1-16(32-33(7,8)24(2,3)4)18(26)14-15-19-20-21(31-25(5,6)30-20)23(28-19)29-22(27)17-12-10-9-11-13-17/h9-13,16,18-21,23,26H,14-15H2,1-8H3/t16-,18+,19+,20-,21-,23+/m0/s1. The molecule has 3 rings (SSSR count). The van der Waals surface area contributed by atoms with E-state index in [1.807, 2.05) is 26.8 Å². The summed E-state index contributed by atoms with van der Waals surface area (Å²) >= 11 is 0. The van der Waals surface area contributed by atoms with E-state index < -0.39 is 38.6 Å². The lowest BCUT2D eigenvalue weighted by molar-refractivity contribution is -0.221. The van der Waals surface area contributed by atoms with Crippen molar-refractivity contribution in [1.82, 2.24) is 0 Å². The van der Waals surface area contributed by atoms with Crippen LogP contribution in [0.25, 0.3) is 0 Å². The van der Waals surface area contributed by atoms with E-state index in [2.05, 4.69) is 33.9 Å². The first-order chi connectivity index (χ1) is 15.2. The second-order valence-electron chi connectivity index (χ2n) is 11.1. The summed E-state index contributed by atoms with van der Waals surface area (Å²) in [4.78, 5) is 12.6. The molecule has 0 unspecified atom stereocenters. The van der Waals surface area contributed by atoms with Crippen molar-refractivity contribution < 1.29 is 33.3 Å². The van der Waals surface area contributed by atoms with E-state index in [4.69, 9.17) is 23.4 Å². The number of fused-ring (bicyclic) bond motifs is 1. The lowest BCUT2D eigenvalue weighted by atomic mass is 10.0. The van der Waals surface area contributed by atoms with Crippen LogP contribution in [0.4, 0.5) is 0 Å². The van der Waals surface area contributed by atoms with E-state index >= 15 is 0 Å². The highest BCUT2D eigenvalue weighted by atomic mass is 28.4. The topological polar surface area (TPSA) is 83.5 Å². The second-order valence-corrected chi connectivity index (χ2v) is 15.9.